The molecule has 1 fully saturated rings. The van der Waals surface area contributed by atoms with Gasteiger partial charge in [0.05, 0.1) is 18.4 Å². The molecule has 0 saturated carbocycles. The third kappa shape index (κ3) is 2.40. The summed E-state index contributed by atoms with van der Waals surface area (Å²) in [6, 6.07) is 0. The van der Waals surface area contributed by atoms with E-state index < -0.39 is 40.8 Å². The molecule has 0 amide bonds. The summed E-state index contributed by atoms with van der Waals surface area (Å²) in [6.07, 6.45) is 0.616. The summed E-state index contributed by atoms with van der Waals surface area (Å²) in [7, 11) is -4.10. The summed E-state index contributed by atoms with van der Waals surface area (Å²) in [5.41, 5.74) is 0.244. The van der Waals surface area contributed by atoms with E-state index in [1.54, 1.807) is 0 Å². The van der Waals surface area contributed by atoms with Crippen LogP contribution in [-0.4, -0.2) is 53.0 Å². The number of rotatable bonds is 3. The SMILES string of the molecule is Cc1[nH]ncc1S(=O)(=O)N1CCC(C(=O)O)C(F)(F)C1. The summed E-state index contributed by atoms with van der Waals surface area (Å²) in [4.78, 5) is 10.6. The second kappa shape index (κ2) is 4.77. The first-order chi connectivity index (χ1) is 9.16. The van der Waals surface area contributed by atoms with E-state index in [0.717, 1.165) is 6.20 Å². The Morgan fingerprint density at radius 2 is 2.25 bits per heavy atom. The highest BCUT2D eigenvalue weighted by Gasteiger charge is 2.51. The van der Waals surface area contributed by atoms with Crippen molar-refractivity contribution in [2.75, 3.05) is 13.1 Å². The Morgan fingerprint density at radius 1 is 1.60 bits per heavy atom. The lowest BCUT2D eigenvalue weighted by Gasteiger charge is -2.35. The van der Waals surface area contributed by atoms with Crippen molar-refractivity contribution in [3.8, 4) is 0 Å². The highest BCUT2D eigenvalue weighted by atomic mass is 32.2. The molecule has 0 aromatic carbocycles. The van der Waals surface area contributed by atoms with Crippen molar-refractivity contribution < 1.29 is 27.1 Å². The van der Waals surface area contributed by atoms with Gasteiger partial charge in [-0.15, -0.1) is 0 Å². The van der Waals surface area contributed by atoms with E-state index in [1.165, 1.54) is 6.92 Å². The molecule has 20 heavy (non-hydrogen) atoms. The Labute approximate surface area is 113 Å². The number of aliphatic carboxylic acids is 1. The van der Waals surface area contributed by atoms with Crippen LogP contribution in [0.4, 0.5) is 8.78 Å². The predicted octanol–water partition coefficient (Wildman–Crippen LogP) is 0.449. The summed E-state index contributed by atoms with van der Waals surface area (Å²) >= 11 is 0. The second-order valence-corrected chi connectivity index (χ2v) is 6.54. The number of carboxylic acids is 1. The Kier molecular flexibility index (Phi) is 3.54. The molecule has 2 N–H and O–H groups in total. The predicted molar refractivity (Wildman–Crippen MR) is 62.8 cm³/mol. The number of aryl methyl sites for hydroxylation is 1. The fourth-order valence-electron chi connectivity index (χ4n) is 2.16. The zero-order valence-electron chi connectivity index (χ0n) is 10.5. The van der Waals surface area contributed by atoms with E-state index >= 15 is 0 Å². The lowest BCUT2D eigenvalue weighted by atomic mass is 9.94. The number of H-pyrrole nitrogens is 1. The summed E-state index contributed by atoms with van der Waals surface area (Å²) in [6.45, 7) is 0.0540. The van der Waals surface area contributed by atoms with Gasteiger partial charge in [-0.1, -0.05) is 0 Å². The van der Waals surface area contributed by atoms with Crippen LogP contribution < -0.4 is 0 Å². The first-order valence-electron chi connectivity index (χ1n) is 5.77. The van der Waals surface area contributed by atoms with Crippen molar-refractivity contribution in [2.24, 2.45) is 5.92 Å². The quantitative estimate of drug-likeness (QED) is 0.843. The molecule has 112 valence electrons. The van der Waals surface area contributed by atoms with Crippen LogP contribution in [0.1, 0.15) is 12.1 Å². The second-order valence-electron chi connectivity index (χ2n) is 4.64. The van der Waals surface area contributed by atoms with E-state index in [0.29, 0.717) is 4.31 Å². The molecule has 1 aromatic heterocycles. The molecule has 10 heteroatoms. The minimum Gasteiger partial charge on any atom is -0.481 e. The van der Waals surface area contributed by atoms with Gasteiger partial charge in [-0.05, 0) is 13.3 Å². The van der Waals surface area contributed by atoms with Gasteiger partial charge in [-0.25, -0.2) is 17.2 Å². The largest absolute Gasteiger partial charge is 0.481 e. The van der Waals surface area contributed by atoms with Crippen LogP contribution in [0.5, 0.6) is 0 Å². The molecule has 7 nitrogen and oxygen atoms in total. The molecular weight excluding hydrogens is 296 g/mol. The topological polar surface area (TPSA) is 103 Å². The third-order valence-corrected chi connectivity index (χ3v) is 5.22. The van der Waals surface area contributed by atoms with E-state index in [2.05, 4.69) is 10.2 Å². The number of piperidine rings is 1. The maximum Gasteiger partial charge on any atom is 0.312 e. The first-order valence-corrected chi connectivity index (χ1v) is 7.21. The molecule has 2 heterocycles. The van der Waals surface area contributed by atoms with Gasteiger partial charge in [0.2, 0.25) is 10.0 Å². The van der Waals surface area contributed by atoms with Gasteiger partial charge in [-0.2, -0.15) is 9.40 Å². The van der Waals surface area contributed by atoms with E-state index in [-0.39, 0.29) is 17.1 Å². The summed E-state index contributed by atoms with van der Waals surface area (Å²) < 4.78 is 52.5. The number of halogens is 2. The molecular formula is C10H13F2N3O4S. The van der Waals surface area contributed by atoms with Crippen LogP contribution >= 0.6 is 0 Å². The van der Waals surface area contributed by atoms with Gasteiger partial charge in [0.1, 0.15) is 10.8 Å². The Morgan fingerprint density at radius 3 is 2.70 bits per heavy atom. The molecule has 0 radical (unpaired) electrons. The van der Waals surface area contributed by atoms with E-state index in [9.17, 15) is 22.0 Å². The van der Waals surface area contributed by atoms with Gasteiger partial charge in [-0.3, -0.25) is 9.89 Å². The maximum atomic E-state index is 13.7. The summed E-state index contributed by atoms with van der Waals surface area (Å²) in [5, 5.41) is 14.7. The molecule has 1 saturated heterocycles. The number of aromatic amines is 1. The Hall–Kier alpha value is -1.55. The van der Waals surface area contributed by atoms with E-state index in [1.807, 2.05) is 0 Å². The van der Waals surface area contributed by atoms with E-state index in [4.69, 9.17) is 5.11 Å². The standard InChI is InChI=1S/C10H13F2N3O4S/c1-6-8(4-13-14-6)20(18,19)15-3-2-7(9(16)17)10(11,12)5-15/h4,7H,2-3,5H2,1H3,(H,13,14)(H,16,17). The minimum absolute atomic E-state index is 0.179. The zero-order chi connectivity index (χ0) is 15.1. The lowest BCUT2D eigenvalue weighted by molar-refractivity contribution is -0.163. The molecule has 1 aromatic rings. The van der Waals surface area contributed by atoms with Crippen LogP contribution in [0.25, 0.3) is 0 Å². The number of carboxylic acid groups (broad SMARTS) is 1. The minimum atomic E-state index is -4.10. The lowest BCUT2D eigenvalue weighted by Crippen LogP contribution is -2.52. The highest BCUT2D eigenvalue weighted by Crippen LogP contribution is 2.35. The van der Waals surface area contributed by atoms with Gasteiger partial charge in [0.15, 0.2) is 0 Å². The van der Waals surface area contributed by atoms with Crippen molar-refractivity contribution in [1.82, 2.24) is 14.5 Å². The number of carbonyl (C=O) groups is 1. The number of nitrogens with zero attached hydrogens (tertiary/aromatic N) is 2. The monoisotopic (exact) mass is 309 g/mol. The number of alkyl halides is 2. The van der Waals surface area contributed by atoms with Crippen LogP contribution in [0.15, 0.2) is 11.1 Å². The number of hydrogen-bond donors (Lipinski definition) is 2. The van der Waals surface area contributed by atoms with Crippen molar-refractivity contribution in [3.63, 3.8) is 0 Å². The number of sulfonamides is 1. The zero-order valence-corrected chi connectivity index (χ0v) is 11.3. The molecule has 1 unspecified atom stereocenters. The van der Waals surface area contributed by atoms with Crippen molar-refractivity contribution >= 4 is 16.0 Å². The normalized spacial score (nSPS) is 23.6. The number of nitrogens with one attached hydrogen (secondary N) is 1. The van der Waals surface area contributed by atoms with Crippen molar-refractivity contribution in [2.45, 2.75) is 24.2 Å². The number of aromatic nitrogens is 2. The highest BCUT2D eigenvalue weighted by molar-refractivity contribution is 7.89. The fraction of sp³-hybridized carbons (Fsp3) is 0.600. The van der Waals surface area contributed by atoms with Crippen LogP contribution in [-0.2, 0) is 14.8 Å². The molecule has 1 atom stereocenters. The van der Waals surface area contributed by atoms with Gasteiger partial charge in [0.25, 0.3) is 5.92 Å². The van der Waals surface area contributed by atoms with Gasteiger partial charge in [0, 0.05) is 6.54 Å². The average Bonchev–Trinajstić information content (AvgIpc) is 2.74. The maximum absolute atomic E-state index is 13.7. The molecule has 0 aliphatic carbocycles. The molecule has 0 bridgehead atoms. The molecule has 1 aliphatic heterocycles. The van der Waals surface area contributed by atoms with Crippen LogP contribution in [0, 0.1) is 12.8 Å². The van der Waals surface area contributed by atoms with Crippen LogP contribution in [0.3, 0.4) is 0 Å². The van der Waals surface area contributed by atoms with Gasteiger partial charge >= 0.3 is 5.97 Å². The molecule has 2 rings (SSSR count). The number of hydrogen-bond acceptors (Lipinski definition) is 4. The molecule has 1 aliphatic rings. The fourth-order valence-corrected chi connectivity index (χ4v) is 3.74. The van der Waals surface area contributed by atoms with Gasteiger partial charge < -0.3 is 5.11 Å². The average molecular weight is 309 g/mol. The molecule has 0 spiro atoms. The third-order valence-electron chi connectivity index (χ3n) is 3.26. The Balaban J connectivity index is 2.29. The van der Waals surface area contributed by atoms with Crippen molar-refractivity contribution in [3.05, 3.63) is 11.9 Å². The van der Waals surface area contributed by atoms with Crippen LogP contribution in [0.2, 0.25) is 0 Å². The first kappa shape index (κ1) is 14.9. The van der Waals surface area contributed by atoms with Crippen molar-refractivity contribution in [1.29, 1.82) is 0 Å². The summed E-state index contributed by atoms with van der Waals surface area (Å²) in [5.74, 6) is -7.08. The smallest absolute Gasteiger partial charge is 0.312 e. The Bertz CT molecular complexity index is 628.